The molecule has 0 bridgehead atoms. The highest BCUT2D eigenvalue weighted by molar-refractivity contribution is 5.74. The van der Waals surface area contributed by atoms with Gasteiger partial charge in [0.15, 0.2) is 0 Å². The second-order valence-electron chi connectivity index (χ2n) is 6.43. The number of unbranched alkanes of at least 4 members (excludes halogenated alkanes) is 1. The first-order chi connectivity index (χ1) is 16.1. The molecule has 26 heavy (non-hydrogen) atoms. The molecule has 0 spiro atoms. The summed E-state index contributed by atoms with van der Waals surface area (Å²) in [5, 5.41) is 0. The van der Waals surface area contributed by atoms with Crippen LogP contribution < -0.4 is 5.73 Å². The highest BCUT2D eigenvalue weighted by atomic mass is 15.2. The number of H-pyrrole nitrogens is 1. The number of hydrogen-bond donors (Lipinski definition) is 2. The summed E-state index contributed by atoms with van der Waals surface area (Å²) in [6.07, 6.45) is 2.70. The van der Waals surface area contributed by atoms with Gasteiger partial charge in [0.25, 0.3) is 0 Å². The van der Waals surface area contributed by atoms with Gasteiger partial charge < -0.3 is 10.7 Å². The van der Waals surface area contributed by atoms with Crippen LogP contribution in [0.3, 0.4) is 0 Å². The SMILES string of the molecule is [2H]c1nc2c(c([2H])c1[2H])CCC[C@]2([2H])N(CCCCN)Cc1nc2c([2H])c([2H])c([2H])c([2H])c2[nH]1. The van der Waals surface area contributed by atoms with Crippen LogP contribution in [0.25, 0.3) is 11.0 Å². The molecule has 0 radical (unpaired) electrons. The zero-order valence-electron chi connectivity index (χ0n) is 22.6. The number of nitrogens with one attached hydrogen (secondary N) is 1. The molecule has 136 valence electrons. The number of para-hydroxylation sites is 2. The van der Waals surface area contributed by atoms with Crippen molar-refractivity contribution in [3.8, 4) is 0 Å². The van der Waals surface area contributed by atoms with Crippen LogP contribution in [0, 0.1) is 0 Å². The number of pyridine rings is 1. The van der Waals surface area contributed by atoms with E-state index in [9.17, 15) is 1.37 Å². The van der Waals surface area contributed by atoms with Crippen molar-refractivity contribution in [1.29, 1.82) is 0 Å². The summed E-state index contributed by atoms with van der Waals surface area (Å²) in [7, 11) is 0. The molecule has 0 unspecified atom stereocenters. The average Bonchev–Trinajstić information content (AvgIpc) is 3.24. The molecule has 0 fully saturated rings. The van der Waals surface area contributed by atoms with Crippen molar-refractivity contribution in [3.05, 3.63) is 59.5 Å². The van der Waals surface area contributed by atoms with Crippen LogP contribution in [0.4, 0.5) is 0 Å². The first-order valence-electron chi connectivity index (χ1n) is 13.0. The van der Waals surface area contributed by atoms with E-state index in [0.29, 0.717) is 55.9 Å². The largest absolute Gasteiger partial charge is 0.341 e. The van der Waals surface area contributed by atoms with Crippen LogP contribution in [0.1, 0.15) is 59.7 Å². The normalized spacial score (nSPS) is 24.1. The van der Waals surface area contributed by atoms with E-state index in [1.807, 2.05) is 4.90 Å². The Hall–Kier alpha value is -2.24. The third-order valence-corrected chi connectivity index (χ3v) is 4.62. The molecule has 1 atom stereocenters. The van der Waals surface area contributed by atoms with Crippen molar-refractivity contribution in [1.82, 2.24) is 19.9 Å². The Balaban J connectivity index is 1.79. The topological polar surface area (TPSA) is 70.8 Å². The number of benzene rings is 1. The maximum absolute atomic E-state index is 9.42. The lowest BCUT2D eigenvalue weighted by atomic mass is 9.90. The molecule has 3 N–H and O–H groups in total. The number of hydrogen-bond acceptors (Lipinski definition) is 4. The zero-order valence-corrected chi connectivity index (χ0v) is 14.6. The Morgan fingerprint density at radius 2 is 2.19 bits per heavy atom. The molecule has 2 heterocycles. The fourth-order valence-electron chi connectivity index (χ4n) is 3.39. The van der Waals surface area contributed by atoms with Gasteiger partial charge in [0, 0.05) is 6.17 Å². The molecule has 2 aromatic heterocycles. The first kappa shape index (κ1) is 10.2. The van der Waals surface area contributed by atoms with Crippen molar-refractivity contribution >= 4 is 11.0 Å². The highest BCUT2D eigenvalue weighted by Gasteiger charge is 2.27. The molecule has 1 aliphatic carbocycles. The summed E-state index contributed by atoms with van der Waals surface area (Å²) in [5.41, 5.74) is 6.88. The Morgan fingerprint density at radius 3 is 3.12 bits per heavy atom. The van der Waals surface area contributed by atoms with Gasteiger partial charge in [0.2, 0.25) is 0 Å². The number of nitrogens with zero attached hydrogens (tertiary/aromatic N) is 3. The fraction of sp³-hybridized carbons (Fsp3) is 0.429. The number of aromatic amines is 1. The first-order valence-corrected chi connectivity index (χ1v) is 8.97. The summed E-state index contributed by atoms with van der Waals surface area (Å²) in [4.78, 5) is 13.6. The van der Waals surface area contributed by atoms with Gasteiger partial charge in [0.1, 0.15) is 5.82 Å². The molecule has 5 heteroatoms. The Bertz CT molecular complexity index is 1200. The number of aromatic nitrogens is 3. The van der Waals surface area contributed by atoms with Crippen LogP contribution in [-0.2, 0) is 13.0 Å². The van der Waals surface area contributed by atoms with E-state index in [4.69, 9.17) is 15.3 Å². The Kier molecular flexibility index (Phi) is 3.12. The van der Waals surface area contributed by atoms with Gasteiger partial charge in [-0.05, 0) is 68.9 Å². The second-order valence-corrected chi connectivity index (χ2v) is 6.43. The molecule has 0 saturated heterocycles. The minimum absolute atomic E-state index is 0.0550. The lowest BCUT2D eigenvalue weighted by Gasteiger charge is -2.34. The van der Waals surface area contributed by atoms with Gasteiger partial charge in [-0.25, -0.2) is 4.98 Å². The minimum atomic E-state index is -1.35. The maximum atomic E-state index is 9.42. The van der Waals surface area contributed by atoms with Crippen LogP contribution in [0.15, 0.2) is 42.4 Å². The average molecular weight is 358 g/mol. The van der Waals surface area contributed by atoms with E-state index in [0.717, 1.165) is 6.42 Å². The van der Waals surface area contributed by atoms with Gasteiger partial charge >= 0.3 is 0 Å². The molecule has 0 aliphatic heterocycles. The Morgan fingerprint density at radius 1 is 1.27 bits per heavy atom. The van der Waals surface area contributed by atoms with Gasteiger partial charge in [-0.3, -0.25) is 9.88 Å². The molecule has 1 aliphatic rings. The van der Waals surface area contributed by atoms with E-state index >= 15 is 0 Å². The number of nitrogens with two attached hydrogens (primary N) is 1. The predicted molar refractivity (Wildman–Crippen MR) is 105 cm³/mol. The van der Waals surface area contributed by atoms with Gasteiger partial charge in [-0.1, -0.05) is 18.1 Å². The van der Waals surface area contributed by atoms with Gasteiger partial charge in [-0.2, -0.15) is 0 Å². The molecule has 0 amide bonds. The summed E-state index contributed by atoms with van der Waals surface area (Å²) in [6.45, 7) is 1.11. The molecule has 3 aromatic rings. The van der Waals surface area contributed by atoms with Crippen molar-refractivity contribution in [2.75, 3.05) is 13.1 Å². The molecular weight excluding hydrogens is 322 g/mol. The minimum Gasteiger partial charge on any atom is -0.341 e. The standard InChI is InChI=1S/C21H27N5/c22-12-3-4-14-26(15-20-24-17-9-1-2-10-18(17)25-20)19-11-5-7-16-8-6-13-23-21(16)19/h1-2,6,8-10,13,19H,3-5,7,11-12,14-15,22H2,(H,24,25)/t19-/m0/s1/i1D,2D,6D,8D,9D,10D,13D,19D. The number of rotatable bonds is 7. The highest BCUT2D eigenvalue weighted by Crippen LogP contribution is 2.33. The van der Waals surface area contributed by atoms with Crippen LogP contribution in [0.5, 0.6) is 0 Å². The monoisotopic (exact) mass is 357 g/mol. The van der Waals surface area contributed by atoms with Crippen LogP contribution >= 0.6 is 0 Å². The fourth-order valence-corrected chi connectivity index (χ4v) is 3.39. The molecule has 0 saturated carbocycles. The summed E-state index contributed by atoms with van der Waals surface area (Å²) < 4.78 is 65.9. The van der Waals surface area contributed by atoms with E-state index in [1.165, 1.54) is 0 Å². The summed E-state index contributed by atoms with van der Waals surface area (Å²) >= 11 is 0. The smallest absolute Gasteiger partial charge is 0.121 e. The molecular formula is C21H27N5. The summed E-state index contributed by atoms with van der Waals surface area (Å²) in [6, 6.07) is -2.76. The van der Waals surface area contributed by atoms with E-state index < -0.39 is 6.02 Å². The Labute approximate surface area is 165 Å². The van der Waals surface area contributed by atoms with Crippen molar-refractivity contribution in [2.24, 2.45) is 5.73 Å². The lowest BCUT2D eigenvalue weighted by molar-refractivity contribution is 0.159. The van der Waals surface area contributed by atoms with E-state index in [1.54, 1.807) is 0 Å². The third-order valence-electron chi connectivity index (χ3n) is 4.62. The summed E-state index contributed by atoms with van der Waals surface area (Å²) in [5.74, 6) is 0.391. The molecule has 1 aromatic carbocycles. The number of fused-ring (bicyclic) bond motifs is 2. The van der Waals surface area contributed by atoms with Gasteiger partial charge in [0.05, 0.1) is 40.3 Å². The maximum Gasteiger partial charge on any atom is 0.121 e. The molecule has 5 nitrogen and oxygen atoms in total. The third kappa shape index (κ3) is 3.64. The predicted octanol–water partition coefficient (Wildman–Crippen LogP) is 3.58. The van der Waals surface area contributed by atoms with Crippen molar-refractivity contribution in [3.63, 3.8) is 0 Å². The van der Waals surface area contributed by atoms with E-state index in [2.05, 4.69) is 15.0 Å². The van der Waals surface area contributed by atoms with E-state index in [-0.39, 0.29) is 60.0 Å². The zero-order chi connectivity index (χ0) is 24.8. The number of imidazole rings is 1. The van der Waals surface area contributed by atoms with Crippen molar-refractivity contribution in [2.45, 2.75) is 44.7 Å². The van der Waals surface area contributed by atoms with Crippen LogP contribution in [0.2, 0.25) is 0 Å². The van der Waals surface area contributed by atoms with Gasteiger partial charge in [-0.15, -0.1) is 0 Å². The quantitative estimate of drug-likeness (QED) is 0.634. The lowest BCUT2D eigenvalue weighted by Crippen LogP contribution is -2.33. The second kappa shape index (κ2) is 7.98. The van der Waals surface area contributed by atoms with Crippen molar-refractivity contribution < 1.29 is 11.0 Å². The molecule has 4 rings (SSSR count). The van der Waals surface area contributed by atoms with Crippen LogP contribution in [-0.4, -0.2) is 32.9 Å².